The molecular formula is C16H21N3O3S. The number of hydrogen-bond acceptors (Lipinski definition) is 5. The Morgan fingerprint density at radius 3 is 3.04 bits per heavy atom. The molecule has 2 aliphatic heterocycles. The van der Waals surface area contributed by atoms with Crippen LogP contribution in [0.1, 0.15) is 24.6 Å². The summed E-state index contributed by atoms with van der Waals surface area (Å²) in [6.07, 6.45) is 6.87. The Balaban J connectivity index is 1.43. The predicted molar refractivity (Wildman–Crippen MR) is 87.8 cm³/mol. The van der Waals surface area contributed by atoms with Gasteiger partial charge in [-0.1, -0.05) is 0 Å². The highest BCUT2D eigenvalue weighted by Gasteiger charge is 2.38. The van der Waals surface area contributed by atoms with Gasteiger partial charge in [-0.2, -0.15) is 0 Å². The lowest BCUT2D eigenvalue weighted by Gasteiger charge is -2.42. The van der Waals surface area contributed by atoms with E-state index in [2.05, 4.69) is 10.3 Å². The lowest BCUT2D eigenvalue weighted by molar-refractivity contribution is -0.143. The third-order valence-corrected chi connectivity index (χ3v) is 5.08. The Labute approximate surface area is 139 Å². The average Bonchev–Trinajstić information content (AvgIpc) is 3.15. The van der Waals surface area contributed by atoms with Crippen LogP contribution in [0.25, 0.3) is 6.08 Å². The highest BCUT2D eigenvalue weighted by atomic mass is 32.1. The first kappa shape index (κ1) is 16.1. The molecule has 1 aromatic rings. The van der Waals surface area contributed by atoms with Gasteiger partial charge in [0.15, 0.2) is 0 Å². The molecule has 2 aliphatic rings. The van der Waals surface area contributed by atoms with Crippen LogP contribution in [0.2, 0.25) is 0 Å². The second-order valence-electron chi connectivity index (χ2n) is 6.03. The number of ether oxygens (including phenoxy) is 1. The summed E-state index contributed by atoms with van der Waals surface area (Å²) in [4.78, 5) is 31.0. The summed E-state index contributed by atoms with van der Waals surface area (Å²) in [6.45, 7) is 3.80. The first-order valence-electron chi connectivity index (χ1n) is 7.90. The smallest absolute Gasteiger partial charge is 0.244 e. The van der Waals surface area contributed by atoms with Gasteiger partial charge >= 0.3 is 0 Å². The highest BCUT2D eigenvalue weighted by Crippen LogP contribution is 2.26. The van der Waals surface area contributed by atoms with E-state index >= 15 is 0 Å². The van der Waals surface area contributed by atoms with Crippen molar-refractivity contribution in [3.05, 3.63) is 22.7 Å². The molecule has 3 atom stereocenters. The second-order valence-corrected chi connectivity index (χ2v) is 6.95. The van der Waals surface area contributed by atoms with E-state index in [9.17, 15) is 9.59 Å². The first-order valence-corrected chi connectivity index (χ1v) is 8.78. The quantitative estimate of drug-likeness (QED) is 0.823. The largest absolute Gasteiger partial charge is 0.378 e. The SMILES string of the molecule is CC1CC(C(=O)N2CCC2CNC(=O)/C=C/c2cncs2)CO1. The predicted octanol–water partition coefficient (Wildman–Crippen LogP) is 1.30. The van der Waals surface area contributed by atoms with Crippen molar-refractivity contribution in [2.24, 2.45) is 5.92 Å². The van der Waals surface area contributed by atoms with Gasteiger partial charge in [0.25, 0.3) is 0 Å². The van der Waals surface area contributed by atoms with Crippen LogP contribution >= 0.6 is 11.3 Å². The molecule has 6 nitrogen and oxygen atoms in total. The molecule has 124 valence electrons. The summed E-state index contributed by atoms with van der Waals surface area (Å²) in [7, 11) is 0. The summed E-state index contributed by atoms with van der Waals surface area (Å²) in [5.41, 5.74) is 1.73. The number of carbonyl (C=O) groups excluding carboxylic acids is 2. The van der Waals surface area contributed by atoms with Gasteiger partial charge in [0.2, 0.25) is 11.8 Å². The lowest BCUT2D eigenvalue weighted by Crippen LogP contribution is -2.57. The molecule has 2 amide bonds. The van der Waals surface area contributed by atoms with Crippen LogP contribution in [-0.2, 0) is 14.3 Å². The topological polar surface area (TPSA) is 71.5 Å². The first-order chi connectivity index (χ1) is 11.1. The van der Waals surface area contributed by atoms with Crippen molar-refractivity contribution in [2.45, 2.75) is 31.9 Å². The minimum atomic E-state index is -0.143. The number of nitrogens with zero attached hydrogens (tertiary/aromatic N) is 2. The summed E-state index contributed by atoms with van der Waals surface area (Å²) in [6, 6.07) is 0.110. The Morgan fingerprint density at radius 1 is 1.57 bits per heavy atom. The normalized spacial score (nSPS) is 27.2. The summed E-state index contributed by atoms with van der Waals surface area (Å²) in [5.74, 6) is 0.00491. The van der Waals surface area contributed by atoms with Gasteiger partial charge in [0.1, 0.15) is 0 Å². The van der Waals surface area contributed by atoms with Crippen molar-refractivity contribution in [3.63, 3.8) is 0 Å². The molecule has 7 heteroatoms. The van der Waals surface area contributed by atoms with Gasteiger partial charge in [-0.3, -0.25) is 14.6 Å². The maximum atomic E-state index is 12.4. The third kappa shape index (κ3) is 3.97. The van der Waals surface area contributed by atoms with Crippen molar-refractivity contribution in [3.8, 4) is 0 Å². The molecule has 23 heavy (non-hydrogen) atoms. The average molecular weight is 335 g/mol. The lowest BCUT2D eigenvalue weighted by atomic mass is 9.97. The molecule has 3 unspecified atom stereocenters. The maximum Gasteiger partial charge on any atom is 0.244 e. The van der Waals surface area contributed by atoms with Crippen molar-refractivity contribution >= 4 is 29.2 Å². The zero-order valence-electron chi connectivity index (χ0n) is 13.1. The van der Waals surface area contributed by atoms with Crippen LogP contribution in [0.15, 0.2) is 17.8 Å². The molecule has 0 aliphatic carbocycles. The number of aromatic nitrogens is 1. The summed E-state index contributed by atoms with van der Waals surface area (Å²) >= 11 is 1.48. The van der Waals surface area contributed by atoms with Crippen molar-refractivity contribution in [1.29, 1.82) is 0 Å². The standard InChI is InChI=1S/C16H21N3O3S/c1-11-6-12(9-22-11)16(21)19-5-4-13(19)7-18-15(20)3-2-14-8-17-10-23-14/h2-3,8,10-13H,4-7,9H2,1H3,(H,18,20)/b3-2+. The van der Waals surface area contributed by atoms with Crippen LogP contribution in [0.5, 0.6) is 0 Å². The fraction of sp³-hybridized carbons (Fsp3) is 0.562. The van der Waals surface area contributed by atoms with Crippen LogP contribution in [-0.4, -0.2) is 53.5 Å². The van der Waals surface area contributed by atoms with E-state index in [4.69, 9.17) is 4.74 Å². The van der Waals surface area contributed by atoms with E-state index in [1.54, 1.807) is 17.8 Å². The molecule has 0 radical (unpaired) electrons. The second kappa shape index (κ2) is 7.23. The van der Waals surface area contributed by atoms with E-state index in [-0.39, 0.29) is 29.9 Å². The Bertz CT molecular complexity index is 587. The van der Waals surface area contributed by atoms with Crippen LogP contribution in [0.3, 0.4) is 0 Å². The Morgan fingerprint density at radius 2 is 2.43 bits per heavy atom. The van der Waals surface area contributed by atoms with Crippen LogP contribution in [0, 0.1) is 5.92 Å². The molecule has 0 spiro atoms. The number of hydrogen-bond donors (Lipinski definition) is 1. The van der Waals surface area contributed by atoms with Crippen molar-refractivity contribution in [1.82, 2.24) is 15.2 Å². The molecule has 0 aromatic carbocycles. The molecule has 3 rings (SSSR count). The van der Waals surface area contributed by atoms with E-state index in [0.717, 1.165) is 24.3 Å². The highest BCUT2D eigenvalue weighted by molar-refractivity contribution is 7.10. The molecule has 2 saturated heterocycles. The summed E-state index contributed by atoms with van der Waals surface area (Å²) in [5, 5.41) is 2.86. The fourth-order valence-corrected chi connectivity index (χ4v) is 3.42. The van der Waals surface area contributed by atoms with Gasteiger partial charge in [0, 0.05) is 30.2 Å². The van der Waals surface area contributed by atoms with Crippen LogP contribution < -0.4 is 5.32 Å². The molecule has 0 saturated carbocycles. The van der Waals surface area contributed by atoms with E-state index in [1.165, 1.54) is 17.4 Å². The summed E-state index contributed by atoms with van der Waals surface area (Å²) < 4.78 is 5.48. The number of nitrogens with one attached hydrogen (secondary N) is 1. The third-order valence-electron chi connectivity index (χ3n) is 4.34. The van der Waals surface area contributed by atoms with Gasteiger partial charge in [-0.05, 0) is 25.8 Å². The minimum absolute atomic E-state index is 0.0188. The zero-order chi connectivity index (χ0) is 16.2. The van der Waals surface area contributed by atoms with Gasteiger partial charge in [0.05, 0.1) is 30.2 Å². The molecule has 0 bridgehead atoms. The number of thiazole rings is 1. The minimum Gasteiger partial charge on any atom is -0.378 e. The van der Waals surface area contributed by atoms with Crippen molar-refractivity contribution in [2.75, 3.05) is 19.7 Å². The van der Waals surface area contributed by atoms with E-state index in [1.807, 2.05) is 11.8 Å². The monoisotopic (exact) mass is 335 g/mol. The van der Waals surface area contributed by atoms with Gasteiger partial charge in [-0.25, -0.2) is 0 Å². The fourth-order valence-electron chi connectivity index (χ4n) is 2.91. The Kier molecular flexibility index (Phi) is 5.07. The van der Waals surface area contributed by atoms with E-state index in [0.29, 0.717) is 13.2 Å². The Hall–Kier alpha value is -1.73. The zero-order valence-corrected chi connectivity index (χ0v) is 13.9. The van der Waals surface area contributed by atoms with Gasteiger partial charge in [-0.15, -0.1) is 11.3 Å². The van der Waals surface area contributed by atoms with Gasteiger partial charge < -0.3 is 15.0 Å². The maximum absolute atomic E-state index is 12.4. The molecule has 1 aromatic heterocycles. The van der Waals surface area contributed by atoms with Crippen molar-refractivity contribution < 1.29 is 14.3 Å². The number of likely N-dealkylation sites (tertiary alicyclic amines) is 1. The number of carbonyl (C=O) groups is 2. The molecule has 3 heterocycles. The van der Waals surface area contributed by atoms with Crippen LogP contribution in [0.4, 0.5) is 0 Å². The van der Waals surface area contributed by atoms with E-state index < -0.39 is 0 Å². The molecule has 2 fully saturated rings. The molecule has 1 N–H and O–H groups in total. The number of rotatable bonds is 5. The number of amides is 2. The molecular weight excluding hydrogens is 314 g/mol.